The summed E-state index contributed by atoms with van der Waals surface area (Å²) in [6.07, 6.45) is 1.60. The Morgan fingerprint density at radius 2 is 2.00 bits per heavy atom. The van der Waals surface area contributed by atoms with Gasteiger partial charge in [-0.05, 0) is 60.8 Å². The Labute approximate surface area is 143 Å². The van der Waals surface area contributed by atoms with Gasteiger partial charge in [-0.15, -0.1) is 11.3 Å². The number of carbonyl (C=O) groups excluding carboxylic acids is 2. The molecular weight excluding hydrogens is 328 g/mol. The lowest BCUT2D eigenvalue weighted by Gasteiger charge is -2.30. The van der Waals surface area contributed by atoms with Gasteiger partial charge in [0.15, 0.2) is 5.11 Å². The Morgan fingerprint density at radius 1 is 1.22 bits per heavy atom. The molecule has 2 aromatic rings. The maximum Gasteiger partial charge on any atom is 0.270 e. The summed E-state index contributed by atoms with van der Waals surface area (Å²) >= 11 is 6.68. The van der Waals surface area contributed by atoms with E-state index in [-0.39, 0.29) is 10.7 Å². The zero-order valence-electron chi connectivity index (χ0n) is 12.6. The van der Waals surface area contributed by atoms with E-state index < -0.39 is 11.8 Å². The summed E-state index contributed by atoms with van der Waals surface area (Å²) < 4.78 is 0. The standard InChI is InChI=1S/C17H14N2O2S2/c1-10-5-6-11(2)14(8-10)19-16(21)13(15(20)18-17(19)22)9-12-4-3-7-23-12/h3-9H,1-2H3,(H,18,20,22)/b13-9+. The molecule has 4 nitrogen and oxygen atoms in total. The first-order valence-electron chi connectivity index (χ1n) is 6.99. The van der Waals surface area contributed by atoms with Crippen molar-refractivity contribution >= 4 is 52.2 Å². The van der Waals surface area contributed by atoms with E-state index in [0.717, 1.165) is 16.0 Å². The van der Waals surface area contributed by atoms with Crippen LogP contribution in [0.1, 0.15) is 16.0 Å². The van der Waals surface area contributed by atoms with Crippen LogP contribution >= 0.6 is 23.6 Å². The number of nitrogens with zero attached hydrogens (tertiary/aromatic N) is 1. The molecule has 0 unspecified atom stereocenters. The highest BCUT2D eigenvalue weighted by Crippen LogP contribution is 2.26. The van der Waals surface area contributed by atoms with Crippen molar-refractivity contribution in [2.45, 2.75) is 13.8 Å². The summed E-state index contributed by atoms with van der Waals surface area (Å²) in [5, 5.41) is 4.60. The van der Waals surface area contributed by atoms with Gasteiger partial charge in [0, 0.05) is 4.88 Å². The number of aryl methyl sites for hydroxylation is 2. The molecule has 2 heterocycles. The number of thiocarbonyl (C=S) groups is 1. The summed E-state index contributed by atoms with van der Waals surface area (Å²) in [6.45, 7) is 3.85. The van der Waals surface area contributed by atoms with Crippen molar-refractivity contribution in [3.8, 4) is 0 Å². The molecule has 0 bridgehead atoms. The van der Waals surface area contributed by atoms with Crippen LogP contribution in [0, 0.1) is 13.8 Å². The number of hydrogen-bond donors (Lipinski definition) is 1. The van der Waals surface area contributed by atoms with Gasteiger partial charge in [0.2, 0.25) is 0 Å². The highest BCUT2D eigenvalue weighted by molar-refractivity contribution is 7.80. The van der Waals surface area contributed by atoms with Gasteiger partial charge >= 0.3 is 0 Å². The van der Waals surface area contributed by atoms with Crippen LogP contribution in [0.2, 0.25) is 0 Å². The fraction of sp³-hybridized carbons (Fsp3) is 0.118. The molecule has 1 aliphatic heterocycles. The molecule has 0 radical (unpaired) electrons. The molecule has 1 N–H and O–H groups in total. The number of nitrogens with one attached hydrogen (secondary N) is 1. The molecule has 23 heavy (non-hydrogen) atoms. The Kier molecular flexibility index (Phi) is 4.11. The SMILES string of the molecule is Cc1ccc(C)c(N2C(=O)/C(=C/c3cccs3)C(=O)NC2=S)c1. The van der Waals surface area contributed by atoms with Crippen LogP contribution in [0.3, 0.4) is 0 Å². The third kappa shape index (κ3) is 2.95. The van der Waals surface area contributed by atoms with Gasteiger partial charge in [-0.2, -0.15) is 0 Å². The molecule has 0 aliphatic carbocycles. The van der Waals surface area contributed by atoms with E-state index in [1.165, 1.54) is 16.2 Å². The van der Waals surface area contributed by atoms with Crippen molar-refractivity contribution in [2.24, 2.45) is 0 Å². The lowest BCUT2D eigenvalue weighted by Crippen LogP contribution is -2.54. The first-order chi connectivity index (χ1) is 11.0. The minimum atomic E-state index is -0.463. The number of anilines is 1. The van der Waals surface area contributed by atoms with E-state index in [1.54, 1.807) is 6.08 Å². The number of benzene rings is 1. The highest BCUT2D eigenvalue weighted by Gasteiger charge is 2.35. The van der Waals surface area contributed by atoms with Gasteiger partial charge in [-0.3, -0.25) is 19.8 Å². The minimum absolute atomic E-state index is 0.0851. The Balaban J connectivity index is 2.07. The van der Waals surface area contributed by atoms with Gasteiger partial charge < -0.3 is 0 Å². The molecule has 116 valence electrons. The third-order valence-corrected chi connectivity index (χ3v) is 4.64. The molecule has 1 fully saturated rings. The third-order valence-electron chi connectivity index (χ3n) is 3.54. The maximum atomic E-state index is 12.9. The van der Waals surface area contributed by atoms with Crippen molar-refractivity contribution < 1.29 is 9.59 Å². The zero-order chi connectivity index (χ0) is 16.6. The van der Waals surface area contributed by atoms with Crippen LogP contribution in [-0.4, -0.2) is 16.9 Å². The van der Waals surface area contributed by atoms with Crippen LogP contribution in [0.15, 0.2) is 41.3 Å². The second kappa shape index (κ2) is 6.06. The number of carbonyl (C=O) groups is 2. The smallest absolute Gasteiger partial charge is 0.270 e. The van der Waals surface area contributed by atoms with Gasteiger partial charge in [-0.25, -0.2) is 0 Å². The number of amides is 2. The summed E-state index contributed by atoms with van der Waals surface area (Å²) in [7, 11) is 0. The van der Waals surface area contributed by atoms with Gasteiger partial charge in [0.25, 0.3) is 11.8 Å². The average Bonchev–Trinajstić information content (AvgIpc) is 3.00. The average molecular weight is 342 g/mol. The van der Waals surface area contributed by atoms with Gasteiger partial charge in [-0.1, -0.05) is 18.2 Å². The van der Waals surface area contributed by atoms with Crippen LogP contribution in [0.4, 0.5) is 5.69 Å². The first-order valence-corrected chi connectivity index (χ1v) is 8.28. The predicted molar refractivity (Wildman–Crippen MR) is 96.4 cm³/mol. The molecule has 1 aromatic heterocycles. The summed E-state index contributed by atoms with van der Waals surface area (Å²) in [4.78, 5) is 27.2. The highest BCUT2D eigenvalue weighted by atomic mass is 32.1. The number of hydrogen-bond acceptors (Lipinski definition) is 4. The van der Waals surface area contributed by atoms with Crippen LogP contribution in [-0.2, 0) is 9.59 Å². The van der Waals surface area contributed by atoms with Crippen LogP contribution < -0.4 is 10.2 Å². The Bertz CT molecular complexity index is 838. The van der Waals surface area contributed by atoms with Gasteiger partial charge in [0.1, 0.15) is 5.57 Å². The zero-order valence-corrected chi connectivity index (χ0v) is 14.3. The molecule has 0 atom stereocenters. The van der Waals surface area contributed by atoms with E-state index in [1.807, 2.05) is 49.6 Å². The van der Waals surface area contributed by atoms with Crippen molar-refractivity contribution in [1.82, 2.24) is 5.32 Å². The van der Waals surface area contributed by atoms with E-state index in [2.05, 4.69) is 5.32 Å². The molecule has 1 aliphatic rings. The molecule has 1 aromatic carbocycles. The van der Waals surface area contributed by atoms with Crippen molar-refractivity contribution in [3.05, 3.63) is 57.3 Å². The van der Waals surface area contributed by atoms with E-state index in [4.69, 9.17) is 12.2 Å². The lowest BCUT2D eigenvalue weighted by atomic mass is 10.1. The predicted octanol–water partition coefficient (Wildman–Crippen LogP) is 3.20. The summed E-state index contributed by atoms with van der Waals surface area (Å²) in [5.41, 5.74) is 2.71. The fourth-order valence-corrected chi connectivity index (χ4v) is 3.28. The summed E-state index contributed by atoms with van der Waals surface area (Å²) in [5.74, 6) is -0.865. The topological polar surface area (TPSA) is 49.4 Å². The lowest BCUT2D eigenvalue weighted by molar-refractivity contribution is -0.122. The van der Waals surface area contributed by atoms with Crippen LogP contribution in [0.5, 0.6) is 0 Å². The molecular formula is C17H14N2O2S2. The normalized spacial score (nSPS) is 16.9. The monoisotopic (exact) mass is 342 g/mol. The first kappa shape index (κ1) is 15.6. The molecule has 2 amide bonds. The van der Waals surface area contributed by atoms with Crippen LogP contribution in [0.25, 0.3) is 6.08 Å². The van der Waals surface area contributed by atoms with Gasteiger partial charge in [0.05, 0.1) is 5.69 Å². The Hall–Kier alpha value is -2.31. The second-order valence-electron chi connectivity index (χ2n) is 5.26. The maximum absolute atomic E-state index is 12.9. The van der Waals surface area contributed by atoms with Crippen molar-refractivity contribution in [1.29, 1.82) is 0 Å². The molecule has 0 spiro atoms. The second-order valence-corrected chi connectivity index (χ2v) is 6.63. The molecule has 0 saturated carbocycles. The molecule has 1 saturated heterocycles. The minimum Gasteiger partial charge on any atom is -0.298 e. The molecule has 6 heteroatoms. The van der Waals surface area contributed by atoms with E-state index in [9.17, 15) is 9.59 Å². The Morgan fingerprint density at radius 3 is 2.70 bits per heavy atom. The van der Waals surface area contributed by atoms with E-state index >= 15 is 0 Å². The number of thiophene rings is 1. The van der Waals surface area contributed by atoms with Crippen molar-refractivity contribution in [2.75, 3.05) is 4.90 Å². The summed E-state index contributed by atoms with van der Waals surface area (Å²) in [6, 6.07) is 9.51. The largest absolute Gasteiger partial charge is 0.298 e. The fourth-order valence-electron chi connectivity index (χ4n) is 2.35. The quantitative estimate of drug-likeness (QED) is 0.518. The van der Waals surface area contributed by atoms with Crippen molar-refractivity contribution in [3.63, 3.8) is 0 Å². The number of rotatable bonds is 2. The van der Waals surface area contributed by atoms with E-state index in [0.29, 0.717) is 5.69 Å². The molecule has 3 rings (SSSR count).